The lowest BCUT2D eigenvalue weighted by atomic mass is 9.93. The van der Waals surface area contributed by atoms with Gasteiger partial charge in [-0.3, -0.25) is 0 Å². The average Bonchev–Trinajstić information content (AvgIpc) is 2.54. The summed E-state index contributed by atoms with van der Waals surface area (Å²) in [4.78, 5) is 0. The maximum absolute atomic E-state index is 5.48. The number of piperidine rings is 1. The summed E-state index contributed by atoms with van der Waals surface area (Å²) in [6.45, 7) is 5.18. The van der Waals surface area contributed by atoms with Gasteiger partial charge >= 0.3 is 0 Å². The lowest BCUT2D eigenvalue weighted by molar-refractivity contribution is 0.351. The second-order valence-electron chi connectivity index (χ2n) is 6.24. The quantitative estimate of drug-likeness (QED) is 0.612. The van der Waals surface area contributed by atoms with Crippen molar-refractivity contribution in [3.05, 3.63) is 35.4 Å². The Morgan fingerprint density at radius 3 is 2.67 bits per heavy atom. The number of hydrogen-bond donors (Lipinski definition) is 3. The van der Waals surface area contributed by atoms with Crippen molar-refractivity contribution < 1.29 is 0 Å². The Morgan fingerprint density at radius 1 is 1.14 bits per heavy atom. The minimum Gasteiger partial charge on any atom is -0.330 e. The van der Waals surface area contributed by atoms with E-state index < -0.39 is 0 Å². The largest absolute Gasteiger partial charge is 0.330 e. The molecule has 3 nitrogen and oxygen atoms in total. The van der Waals surface area contributed by atoms with Crippen molar-refractivity contribution in [1.29, 1.82) is 0 Å². The van der Waals surface area contributed by atoms with Crippen LogP contribution in [0.15, 0.2) is 24.3 Å². The molecular formula is C18H31N3. The van der Waals surface area contributed by atoms with Gasteiger partial charge in [0.1, 0.15) is 0 Å². The van der Waals surface area contributed by atoms with Crippen LogP contribution in [0.5, 0.6) is 0 Å². The second-order valence-corrected chi connectivity index (χ2v) is 6.24. The van der Waals surface area contributed by atoms with Crippen LogP contribution in [0.4, 0.5) is 0 Å². The predicted molar refractivity (Wildman–Crippen MR) is 90.4 cm³/mol. The Morgan fingerprint density at radius 2 is 1.95 bits per heavy atom. The molecule has 2 rings (SSSR count). The fraction of sp³-hybridized carbons (Fsp3) is 0.667. The fourth-order valence-electron chi connectivity index (χ4n) is 3.05. The number of nitrogens with one attached hydrogen (secondary N) is 2. The molecule has 0 aliphatic carbocycles. The molecule has 0 radical (unpaired) electrons. The fourth-order valence-corrected chi connectivity index (χ4v) is 3.05. The number of hydrogen-bond acceptors (Lipinski definition) is 3. The van der Waals surface area contributed by atoms with Crippen molar-refractivity contribution in [2.45, 2.75) is 45.1 Å². The Hall–Kier alpha value is -0.900. The molecule has 21 heavy (non-hydrogen) atoms. The molecule has 0 spiro atoms. The van der Waals surface area contributed by atoms with E-state index in [2.05, 4.69) is 34.9 Å². The van der Waals surface area contributed by atoms with Crippen LogP contribution in [0.3, 0.4) is 0 Å². The molecule has 1 fully saturated rings. The molecular weight excluding hydrogens is 258 g/mol. The highest BCUT2D eigenvalue weighted by atomic mass is 14.9. The summed E-state index contributed by atoms with van der Waals surface area (Å²) in [6.07, 6.45) is 7.73. The summed E-state index contributed by atoms with van der Waals surface area (Å²) in [5, 5.41) is 6.93. The van der Waals surface area contributed by atoms with Crippen molar-refractivity contribution in [2.24, 2.45) is 11.7 Å². The highest BCUT2D eigenvalue weighted by Crippen LogP contribution is 2.17. The van der Waals surface area contributed by atoms with Gasteiger partial charge in [0.15, 0.2) is 0 Å². The number of rotatable bonds is 9. The van der Waals surface area contributed by atoms with E-state index in [1.54, 1.807) is 0 Å². The van der Waals surface area contributed by atoms with Gasteiger partial charge in [-0.05, 0) is 81.7 Å². The van der Waals surface area contributed by atoms with Crippen LogP contribution in [-0.4, -0.2) is 26.2 Å². The van der Waals surface area contributed by atoms with Gasteiger partial charge in [0.25, 0.3) is 0 Å². The topological polar surface area (TPSA) is 50.1 Å². The molecule has 1 heterocycles. The van der Waals surface area contributed by atoms with Gasteiger partial charge < -0.3 is 16.4 Å². The third kappa shape index (κ3) is 6.60. The molecule has 4 N–H and O–H groups in total. The Balaban J connectivity index is 1.62. The first-order valence-corrected chi connectivity index (χ1v) is 8.58. The monoisotopic (exact) mass is 289 g/mol. The lowest BCUT2D eigenvalue weighted by Crippen LogP contribution is -2.29. The Kier molecular flexibility index (Phi) is 7.79. The molecule has 1 aromatic carbocycles. The van der Waals surface area contributed by atoms with Gasteiger partial charge in [-0.1, -0.05) is 24.3 Å². The second kappa shape index (κ2) is 9.93. The maximum Gasteiger partial charge on any atom is 0.0205 e. The van der Waals surface area contributed by atoms with Gasteiger partial charge in [0.2, 0.25) is 0 Å². The molecule has 1 saturated heterocycles. The third-order valence-corrected chi connectivity index (χ3v) is 4.39. The summed E-state index contributed by atoms with van der Waals surface area (Å²) in [5.74, 6) is 0.907. The number of nitrogens with two attached hydrogens (primary N) is 1. The van der Waals surface area contributed by atoms with Crippen LogP contribution in [0, 0.1) is 5.92 Å². The van der Waals surface area contributed by atoms with Crippen LogP contribution in [-0.2, 0) is 13.0 Å². The molecule has 0 bridgehead atoms. The number of aryl methyl sites for hydroxylation is 1. The molecule has 0 amide bonds. The minimum atomic E-state index is 0.766. The van der Waals surface area contributed by atoms with Crippen molar-refractivity contribution >= 4 is 0 Å². The molecule has 1 aliphatic rings. The predicted octanol–water partition coefficient (Wildman–Crippen LogP) is 2.45. The van der Waals surface area contributed by atoms with E-state index in [1.165, 1.54) is 56.3 Å². The molecule has 1 atom stereocenters. The standard InChI is InChI=1S/C18H31N3/c19-11-3-13-21-15-18-9-7-16(8-10-18)4-1-5-17-6-2-12-20-14-17/h7-10,17,20-21H,1-6,11-15,19H2. The highest BCUT2D eigenvalue weighted by Gasteiger charge is 2.11. The van der Waals surface area contributed by atoms with E-state index in [0.29, 0.717) is 0 Å². The zero-order valence-corrected chi connectivity index (χ0v) is 13.2. The first-order chi connectivity index (χ1) is 10.4. The van der Waals surface area contributed by atoms with Crippen LogP contribution >= 0.6 is 0 Å². The minimum absolute atomic E-state index is 0.766. The van der Waals surface area contributed by atoms with Gasteiger partial charge in [-0.2, -0.15) is 0 Å². The summed E-state index contributed by atoms with van der Waals surface area (Å²) >= 11 is 0. The van der Waals surface area contributed by atoms with E-state index >= 15 is 0 Å². The summed E-state index contributed by atoms with van der Waals surface area (Å²) < 4.78 is 0. The summed E-state index contributed by atoms with van der Waals surface area (Å²) in [7, 11) is 0. The Labute approximate surface area is 129 Å². The Bertz CT molecular complexity index is 369. The molecule has 118 valence electrons. The van der Waals surface area contributed by atoms with Gasteiger partial charge in [-0.15, -0.1) is 0 Å². The molecule has 0 saturated carbocycles. The van der Waals surface area contributed by atoms with Crippen molar-refractivity contribution in [3.8, 4) is 0 Å². The average molecular weight is 289 g/mol. The van der Waals surface area contributed by atoms with Gasteiger partial charge in [0.05, 0.1) is 0 Å². The summed E-state index contributed by atoms with van der Waals surface area (Å²) in [5.41, 5.74) is 8.33. The van der Waals surface area contributed by atoms with E-state index in [4.69, 9.17) is 5.73 Å². The van der Waals surface area contributed by atoms with E-state index in [1.807, 2.05) is 0 Å². The third-order valence-electron chi connectivity index (χ3n) is 4.39. The van der Waals surface area contributed by atoms with Crippen LogP contribution in [0.2, 0.25) is 0 Å². The van der Waals surface area contributed by atoms with Gasteiger partial charge in [-0.25, -0.2) is 0 Å². The van der Waals surface area contributed by atoms with Crippen LogP contribution in [0.25, 0.3) is 0 Å². The lowest BCUT2D eigenvalue weighted by Gasteiger charge is -2.22. The molecule has 1 aromatic rings. The number of benzene rings is 1. The molecule has 1 unspecified atom stereocenters. The SMILES string of the molecule is NCCCNCc1ccc(CCCC2CCCNC2)cc1. The van der Waals surface area contributed by atoms with E-state index in [9.17, 15) is 0 Å². The van der Waals surface area contributed by atoms with Crippen molar-refractivity contribution in [1.82, 2.24) is 10.6 Å². The highest BCUT2D eigenvalue weighted by molar-refractivity contribution is 5.22. The van der Waals surface area contributed by atoms with Crippen LogP contribution in [0.1, 0.15) is 43.2 Å². The first kappa shape index (κ1) is 16.5. The smallest absolute Gasteiger partial charge is 0.0205 e. The van der Waals surface area contributed by atoms with E-state index in [0.717, 1.165) is 32.0 Å². The van der Waals surface area contributed by atoms with Crippen molar-refractivity contribution in [2.75, 3.05) is 26.2 Å². The van der Waals surface area contributed by atoms with E-state index in [-0.39, 0.29) is 0 Å². The molecule has 1 aliphatic heterocycles. The zero-order valence-electron chi connectivity index (χ0n) is 13.2. The normalized spacial score (nSPS) is 18.8. The maximum atomic E-state index is 5.48. The molecule has 3 heteroatoms. The zero-order chi connectivity index (χ0) is 14.8. The summed E-state index contributed by atoms with van der Waals surface area (Å²) in [6, 6.07) is 9.10. The van der Waals surface area contributed by atoms with Gasteiger partial charge in [0, 0.05) is 6.54 Å². The van der Waals surface area contributed by atoms with Crippen LogP contribution < -0.4 is 16.4 Å². The van der Waals surface area contributed by atoms with Crippen molar-refractivity contribution in [3.63, 3.8) is 0 Å². The molecule has 0 aromatic heterocycles. The first-order valence-electron chi connectivity index (χ1n) is 8.58.